The van der Waals surface area contributed by atoms with Crippen molar-refractivity contribution in [2.24, 2.45) is 11.8 Å². The number of imidazole rings is 1. The van der Waals surface area contributed by atoms with Crippen LogP contribution >= 0.6 is 0 Å². The monoisotopic (exact) mass is 395 g/mol. The minimum absolute atomic E-state index is 0.00233. The van der Waals surface area contributed by atoms with Gasteiger partial charge in [0.1, 0.15) is 19.4 Å². The zero-order valence-electron chi connectivity index (χ0n) is 16.3. The molecular weight excluding hydrogens is 370 g/mol. The van der Waals surface area contributed by atoms with Gasteiger partial charge in [0.05, 0.1) is 18.9 Å². The van der Waals surface area contributed by atoms with E-state index in [2.05, 4.69) is 20.3 Å². The van der Waals surface area contributed by atoms with Crippen LogP contribution in [-0.4, -0.2) is 55.8 Å². The number of aliphatic hydroxyl groups excluding tert-OH is 1. The molecule has 0 aromatic carbocycles. The molecule has 0 saturated carbocycles. The standard InChI is InChI=1S/C17H25N5O6/c1-9(2)14(24)20-17-19-13-12(15(25)21-17)18-7-22(13)8-28-11(5-23)6-27-16(26)10(3)4/h7,9-11,23H,5-6,8H2,1-4H3,(H2,19,20,21,24,25). The van der Waals surface area contributed by atoms with Crippen LogP contribution in [0.3, 0.4) is 0 Å². The molecule has 0 spiro atoms. The quantitative estimate of drug-likeness (QED) is 0.512. The van der Waals surface area contributed by atoms with E-state index in [1.54, 1.807) is 27.7 Å². The highest BCUT2D eigenvalue weighted by Gasteiger charge is 2.17. The number of anilines is 1. The van der Waals surface area contributed by atoms with Gasteiger partial charge in [-0.3, -0.25) is 29.3 Å². The Kier molecular flexibility index (Phi) is 7.24. The predicted molar refractivity (Wildman–Crippen MR) is 99.4 cm³/mol. The first-order chi connectivity index (χ1) is 13.2. The first-order valence-electron chi connectivity index (χ1n) is 8.88. The lowest BCUT2D eigenvalue weighted by molar-refractivity contribution is -0.154. The van der Waals surface area contributed by atoms with E-state index in [-0.39, 0.29) is 54.8 Å². The molecule has 2 aromatic rings. The molecule has 154 valence electrons. The number of esters is 1. The van der Waals surface area contributed by atoms with Crippen LogP contribution < -0.4 is 10.9 Å². The number of aromatic amines is 1. The number of nitrogens with one attached hydrogen (secondary N) is 2. The van der Waals surface area contributed by atoms with Crippen molar-refractivity contribution < 1.29 is 24.2 Å². The maximum Gasteiger partial charge on any atom is 0.308 e. The maximum atomic E-state index is 12.1. The Hall–Kier alpha value is -2.79. The number of fused-ring (bicyclic) bond motifs is 1. The number of carbonyl (C=O) groups excluding carboxylic acids is 2. The van der Waals surface area contributed by atoms with E-state index in [0.29, 0.717) is 0 Å². The largest absolute Gasteiger partial charge is 0.463 e. The molecule has 0 saturated heterocycles. The molecule has 2 aromatic heterocycles. The molecule has 3 N–H and O–H groups in total. The van der Waals surface area contributed by atoms with Crippen LogP contribution in [0.25, 0.3) is 11.2 Å². The molecule has 2 heterocycles. The number of aliphatic hydroxyl groups is 1. The minimum atomic E-state index is -0.748. The molecule has 0 radical (unpaired) electrons. The summed E-state index contributed by atoms with van der Waals surface area (Å²) in [6, 6.07) is 0. The van der Waals surface area contributed by atoms with Crippen molar-refractivity contribution in [3.05, 3.63) is 16.7 Å². The van der Waals surface area contributed by atoms with E-state index in [0.717, 1.165) is 0 Å². The smallest absolute Gasteiger partial charge is 0.308 e. The molecule has 0 aliphatic carbocycles. The first kappa shape index (κ1) is 21.5. The number of amides is 1. The van der Waals surface area contributed by atoms with Gasteiger partial charge in [0.2, 0.25) is 11.9 Å². The van der Waals surface area contributed by atoms with Crippen LogP contribution in [-0.2, 0) is 25.8 Å². The van der Waals surface area contributed by atoms with Crippen molar-refractivity contribution in [3.8, 4) is 0 Å². The summed E-state index contributed by atoms with van der Waals surface area (Å²) in [7, 11) is 0. The lowest BCUT2D eigenvalue weighted by Gasteiger charge is -2.17. The van der Waals surface area contributed by atoms with Crippen molar-refractivity contribution in [1.82, 2.24) is 19.5 Å². The van der Waals surface area contributed by atoms with E-state index in [9.17, 15) is 19.5 Å². The maximum absolute atomic E-state index is 12.1. The van der Waals surface area contributed by atoms with E-state index in [4.69, 9.17) is 9.47 Å². The predicted octanol–water partition coefficient (Wildman–Crippen LogP) is 0.248. The number of ether oxygens (including phenoxy) is 2. The number of aromatic nitrogens is 4. The molecule has 1 unspecified atom stereocenters. The lowest BCUT2D eigenvalue weighted by Crippen LogP contribution is -2.28. The van der Waals surface area contributed by atoms with Gasteiger partial charge in [0.25, 0.3) is 5.56 Å². The minimum Gasteiger partial charge on any atom is -0.463 e. The molecule has 28 heavy (non-hydrogen) atoms. The van der Waals surface area contributed by atoms with Crippen molar-refractivity contribution in [1.29, 1.82) is 0 Å². The lowest BCUT2D eigenvalue weighted by atomic mass is 10.2. The highest BCUT2D eigenvalue weighted by molar-refractivity contribution is 5.91. The van der Waals surface area contributed by atoms with E-state index in [1.807, 2.05) is 0 Å². The molecule has 11 heteroatoms. The van der Waals surface area contributed by atoms with Crippen LogP contribution in [0.1, 0.15) is 27.7 Å². The summed E-state index contributed by atoms with van der Waals surface area (Å²) in [5, 5.41) is 11.9. The van der Waals surface area contributed by atoms with Crippen LogP contribution in [0.15, 0.2) is 11.1 Å². The fourth-order valence-corrected chi connectivity index (χ4v) is 2.05. The molecule has 11 nitrogen and oxygen atoms in total. The van der Waals surface area contributed by atoms with E-state index in [1.165, 1.54) is 10.9 Å². The normalized spacial score (nSPS) is 12.5. The number of rotatable bonds is 9. The van der Waals surface area contributed by atoms with E-state index < -0.39 is 17.6 Å². The third-order valence-corrected chi connectivity index (χ3v) is 3.78. The summed E-state index contributed by atoms with van der Waals surface area (Å²) in [6.07, 6.45) is 0.609. The van der Waals surface area contributed by atoms with Crippen LogP contribution in [0, 0.1) is 11.8 Å². The molecule has 0 aliphatic heterocycles. The molecule has 0 aliphatic rings. The van der Waals surface area contributed by atoms with Gasteiger partial charge in [-0.25, -0.2) is 4.98 Å². The summed E-state index contributed by atoms with van der Waals surface area (Å²) in [5.41, 5.74) is -0.219. The first-order valence-corrected chi connectivity index (χ1v) is 8.88. The van der Waals surface area contributed by atoms with Crippen molar-refractivity contribution in [2.45, 2.75) is 40.5 Å². The number of H-pyrrole nitrogens is 1. The number of carbonyl (C=O) groups is 2. The van der Waals surface area contributed by atoms with Crippen LogP contribution in [0.4, 0.5) is 5.95 Å². The van der Waals surface area contributed by atoms with Gasteiger partial charge in [-0.05, 0) is 0 Å². The Balaban J connectivity index is 2.11. The zero-order valence-corrected chi connectivity index (χ0v) is 16.3. The third-order valence-electron chi connectivity index (χ3n) is 3.78. The molecule has 0 fully saturated rings. The van der Waals surface area contributed by atoms with Gasteiger partial charge < -0.3 is 14.6 Å². The second kappa shape index (κ2) is 9.42. The van der Waals surface area contributed by atoms with Gasteiger partial charge >= 0.3 is 5.97 Å². The van der Waals surface area contributed by atoms with E-state index >= 15 is 0 Å². The van der Waals surface area contributed by atoms with Crippen molar-refractivity contribution >= 4 is 29.0 Å². The Labute approximate surface area is 161 Å². The van der Waals surface area contributed by atoms with Gasteiger partial charge in [-0.15, -0.1) is 0 Å². The number of nitrogens with zero attached hydrogens (tertiary/aromatic N) is 3. The summed E-state index contributed by atoms with van der Waals surface area (Å²) in [5.74, 6) is -1.26. The van der Waals surface area contributed by atoms with Crippen LogP contribution in [0.5, 0.6) is 0 Å². The Bertz CT molecular complexity index is 888. The Morgan fingerprint density at radius 2 is 2.00 bits per heavy atom. The van der Waals surface area contributed by atoms with Gasteiger partial charge in [-0.1, -0.05) is 27.7 Å². The van der Waals surface area contributed by atoms with Gasteiger partial charge in [0.15, 0.2) is 11.2 Å². The topological polar surface area (TPSA) is 148 Å². The molecule has 0 bridgehead atoms. The Morgan fingerprint density at radius 1 is 1.29 bits per heavy atom. The molecular formula is C17H25N5O6. The summed E-state index contributed by atoms with van der Waals surface area (Å²) in [6.45, 7) is 6.28. The van der Waals surface area contributed by atoms with Gasteiger partial charge in [-0.2, -0.15) is 4.98 Å². The van der Waals surface area contributed by atoms with Crippen molar-refractivity contribution in [2.75, 3.05) is 18.5 Å². The summed E-state index contributed by atoms with van der Waals surface area (Å²) < 4.78 is 12.0. The second-order valence-electron chi connectivity index (χ2n) is 6.83. The van der Waals surface area contributed by atoms with Crippen LogP contribution in [0.2, 0.25) is 0 Å². The fourth-order valence-electron chi connectivity index (χ4n) is 2.05. The number of hydrogen-bond acceptors (Lipinski definition) is 8. The average molecular weight is 395 g/mol. The second-order valence-corrected chi connectivity index (χ2v) is 6.83. The fraction of sp³-hybridized carbons (Fsp3) is 0.588. The zero-order chi connectivity index (χ0) is 20.8. The highest BCUT2D eigenvalue weighted by Crippen LogP contribution is 2.10. The SMILES string of the molecule is CC(C)C(=O)Nc1nc2c(ncn2COC(CO)COC(=O)C(C)C)c(=O)[nH]1. The average Bonchev–Trinajstić information content (AvgIpc) is 3.04. The summed E-state index contributed by atoms with van der Waals surface area (Å²) >= 11 is 0. The number of hydrogen-bond donors (Lipinski definition) is 3. The summed E-state index contributed by atoms with van der Waals surface area (Å²) in [4.78, 5) is 46.1. The molecule has 1 atom stereocenters. The van der Waals surface area contributed by atoms with Gasteiger partial charge in [0, 0.05) is 5.92 Å². The molecule has 2 rings (SSSR count). The molecule has 1 amide bonds. The van der Waals surface area contributed by atoms with Crippen molar-refractivity contribution in [3.63, 3.8) is 0 Å². The Morgan fingerprint density at radius 3 is 2.61 bits per heavy atom. The third kappa shape index (κ3) is 5.36. The highest BCUT2D eigenvalue weighted by atomic mass is 16.6.